The molecular weight excluding hydrogens is 222 g/mol. The first-order valence-electron chi connectivity index (χ1n) is 5.21. The van der Waals surface area contributed by atoms with Gasteiger partial charge in [-0.05, 0) is 31.0 Å². The van der Waals surface area contributed by atoms with E-state index in [9.17, 15) is 0 Å². The Bertz CT molecular complexity index is 384. The Morgan fingerprint density at radius 2 is 2.31 bits per heavy atom. The normalized spacial score (nSPS) is 11.9. The zero-order valence-corrected chi connectivity index (χ0v) is 10.1. The van der Waals surface area contributed by atoms with Crippen molar-refractivity contribution >= 4 is 11.6 Å². The molecule has 0 heterocycles. The van der Waals surface area contributed by atoms with Gasteiger partial charge in [0.25, 0.3) is 0 Å². The molecule has 0 amide bonds. The van der Waals surface area contributed by atoms with Gasteiger partial charge in [-0.15, -0.1) is 12.3 Å². The van der Waals surface area contributed by atoms with Crippen LogP contribution in [0.5, 0.6) is 5.75 Å². The van der Waals surface area contributed by atoms with Gasteiger partial charge in [0.2, 0.25) is 0 Å². The Hall–Kier alpha value is -1.17. The number of unbranched alkanes of at least 4 members (excludes halogenated alkanes) is 1. The first-order valence-corrected chi connectivity index (χ1v) is 5.59. The van der Waals surface area contributed by atoms with Crippen molar-refractivity contribution in [1.29, 1.82) is 0 Å². The van der Waals surface area contributed by atoms with Crippen molar-refractivity contribution in [2.24, 2.45) is 5.73 Å². The van der Waals surface area contributed by atoms with E-state index in [1.165, 1.54) is 0 Å². The van der Waals surface area contributed by atoms with Crippen LogP contribution < -0.4 is 10.5 Å². The number of terminal acetylenes is 1. The van der Waals surface area contributed by atoms with Gasteiger partial charge in [-0.25, -0.2) is 0 Å². The van der Waals surface area contributed by atoms with Gasteiger partial charge < -0.3 is 10.5 Å². The molecule has 0 saturated heterocycles. The summed E-state index contributed by atoms with van der Waals surface area (Å²) in [4.78, 5) is 0. The van der Waals surface area contributed by atoms with E-state index in [-0.39, 0.29) is 6.04 Å². The Labute approximate surface area is 102 Å². The molecule has 0 aliphatic heterocycles. The largest absolute Gasteiger partial charge is 0.496 e. The summed E-state index contributed by atoms with van der Waals surface area (Å²) >= 11 is 5.94. The van der Waals surface area contributed by atoms with Crippen molar-refractivity contribution in [3.8, 4) is 18.1 Å². The van der Waals surface area contributed by atoms with Gasteiger partial charge in [-0.2, -0.15) is 0 Å². The van der Waals surface area contributed by atoms with Crippen molar-refractivity contribution in [1.82, 2.24) is 0 Å². The minimum Gasteiger partial charge on any atom is -0.496 e. The monoisotopic (exact) mass is 237 g/mol. The molecule has 0 radical (unpaired) electrons. The van der Waals surface area contributed by atoms with E-state index in [2.05, 4.69) is 5.92 Å². The number of rotatable bonds is 5. The summed E-state index contributed by atoms with van der Waals surface area (Å²) in [5.41, 5.74) is 7.01. The van der Waals surface area contributed by atoms with E-state index in [0.29, 0.717) is 5.02 Å². The predicted molar refractivity (Wildman–Crippen MR) is 67.6 cm³/mol. The van der Waals surface area contributed by atoms with Crippen LogP contribution in [0.3, 0.4) is 0 Å². The van der Waals surface area contributed by atoms with Gasteiger partial charge in [0.05, 0.1) is 7.11 Å². The number of benzene rings is 1. The van der Waals surface area contributed by atoms with Crippen LogP contribution in [0.1, 0.15) is 30.9 Å². The summed E-state index contributed by atoms with van der Waals surface area (Å²) in [6, 6.07) is 5.39. The second-order valence-electron chi connectivity index (χ2n) is 3.59. The molecule has 86 valence electrons. The van der Waals surface area contributed by atoms with E-state index in [4.69, 9.17) is 28.5 Å². The molecular formula is C13H16ClNO. The number of nitrogens with two attached hydrogens (primary N) is 1. The van der Waals surface area contributed by atoms with Crippen LogP contribution in [0.15, 0.2) is 18.2 Å². The fourth-order valence-electron chi connectivity index (χ4n) is 1.57. The van der Waals surface area contributed by atoms with E-state index < -0.39 is 0 Å². The minimum atomic E-state index is -0.0815. The van der Waals surface area contributed by atoms with Crippen LogP contribution in [-0.4, -0.2) is 7.11 Å². The molecule has 2 N–H and O–H groups in total. The second kappa shape index (κ2) is 6.42. The number of hydrogen-bond acceptors (Lipinski definition) is 2. The first-order chi connectivity index (χ1) is 7.69. The predicted octanol–water partition coefficient (Wildman–Crippen LogP) is 3.15. The molecule has 1 aromatic carbocycles. The third-order valence-corrected chi connectivity index (χ3v) is 2.66. The van der Waals surface area contributed by atoms with Crippen LogP contribution in [0.2, 0.25) is 5.02 Å². The van der Waals surface area contributed by atoms with E-state index in [1.54, 1.807) is 13.2 Å². The fraction of sp³-hybridized carbons (Fsp3) is 0.385. The lowest BCUT2D eigenvalue weighted by molar-refractivity contribution is 0.404. The van der Waals surface area contributed by atoms with Crippen molar-refractivity contribution in [3.05, 3.63) is 28.8 Å². The van der Waals surface area contributed by atoms with Crippen LogP contribution in [0, 0.1) is 12.3 Å². The van der Waals surface area contributed by atoms with Gasteiger partial charge in [-0.1, -0.05) is 11.6 Å². The van der Waals surface area contributed by atoms with Gasteiger partial charge >= 0.3 is 0 Å². The lowest BCUT2D eigenvalue weighted by Gasteiger charge is -2.15. The third kappa shape index (κ3) is 3.44. The molecule has 0 fully saturated rings. The molecule has 3 heteroatoms. The van der Waals surface area contributed by atoms with Gasteiger partial charge in [0.1, 0.15) is 5.75 Å². The molecule has 1 rings (SSSR count). The summed E-state index contributed by atoms with van der Waals surface area (Å²) in [6.07, 6.45) is 7.69. The first kappa shape index (κ1) is 12.9. The maximum atomic E-state index is 6.07. The Balaban J connectivity index is 2.77. The van der Waals surface area contributed by atoms with Gasteiger partial charge in [0, 0.05) is 23.0 Å². The number of methoxy groups -OCH3 is 1. The molecule has 0 spiro atoms. The smallest absolute Gasteiger partial charge is 0.123 e. The highest BCUT2D eigenvalue weighted by molar-refractivity contribution is 6.30. The molecule has 1 atom stereocenters. The van der Waals surface area contributed by atoms with Gasteiger partial charge in [-0.3, -0.25) is 0 Å². The summed E-state index contributed by atoms with van der Waals surface area (Å²) < 4.78 is 5.25. The summed E-state index contributed by atoms with van der Waals surface area (Å²) in [5.74, 6) is 3.38. The Kier molecular flexibility index (Phi) is 5.18. The van der Waals surface area contributed by atoms with Crippen LogP contribution in [0.4, 0.5) is 0 Å². The summed E-state index contributed by atoms with van der Waals surface area (Å²) in [6.45, 7) is 0. The highest BCUT2D eigenvalue weighted by Gasteiger charge is 2.11. The maximum Gasteiger partial charge on any atom is 0.123 e. The molecule has 1 unspecified atom stereocenters. The lowest BCUT2D eigenvalue weighted by Crippen LogP contribution is -2.11. The summed E-state index contributed by atoms with van der Waals surface area (Å²) in [7, 11) is 1.63. The topological polar surface area (TPSA) is 35.2 Å². The van der Waals surface area contributed by atoms with Crippen molar-refractivity contribution in [2.45, 2.75) is 25.3 Å². The molecule has 16 heavy (non-hydrogen) atoms. The standard InChI is InChI=1S/C13H16ClNO/c1-3-4-5-6-12(15)11-9-10(14)7-8-13(11)16-2/h1,7-9,12H,4-6,15H2,2H3. The fourth-order valence-corrected chi connectivity index (χ4v) is 1.76. The third-order valence-electron chi connectivity index (χ3n) is 2.43. The van der Waals surface area contributed by atoms with Gasteiger partial charge in [0.15, 0.2) is 0 Å². The number of hydrogen-bond donors (Lipinski definition) is 1. The Morgan fingerprint density at radius 3 is 2.94 bits per heavy atom. The quantitative estimate of drug-likeness (QED) is 0.631. The van der Waals surface area contributed by atoms with E-state index in [1.807, 2.05) is 12.1 Å². The number of halogens is 1. The van der Waals surface area contributed by atoms with Crippen molar-refractivity contribution in [3.63, 3.8) is 0 Å². The van der Waals surface area contributed by atoms with E-state index in [0.717, 1.165) is 30.6 Å². The zero-order valence-electron chi connectivity index (χ0n) is 9.37. The van der Waals surface area contributed by atoms with Crippen LogP contribution >= 0.6 is 11.6 Å². The second-order valence-corrected chi connectivity index (χ2v) is 4.03. The highest BCUT2D eigenvalue weighted by Crippen LogP contribution is 2.29. The Morgan fingerprint density at radius 1 is 1.56 bits per heavy atom. The molecule has 2 nitrogen and oxygen atoms in total. The zero-order chi connectivity index (χ0) is 12.0. The molecule has 1 aromatic rings. The minimum absolute atomic E-state index is 0.0815. The maximum absolute atomic E-state index is 6.07. The van der Waals surface area contributed by atoms with Crippen LogP contribution in [0.25, 0.3) is 0 Å². The molecule has 0 saturated carbocycles. The SMILES string of the molecule is C#CCCCC(N)c1cc(Cl)ccc1OC. The van der Waals surface area contributed by atoms with E-state index >= 15 is 0 Å². The summed E-state index contributed by atoms with van der Waals surface area (Å²) in [5, 5.41) is 0.670. The number of ether oxygens (including phenoxy) is 1. The van der Waals surface area contributed by atoms with Crippen LogP contribution in [-0.2, 0) is 0 Å². The highest BCUT2D eigenvalue weighted by atomic mass is 35.5. The molecule has 0 aromatic heterocycles. The molecule has 0 aliphatic rings. The average Bonchev–Trinajstić information content (AvgIpc) is 2.29. The van der Waals surface area contributed by atoms with Crippen molar-refractivity contribution < 1.29 is 4.74 Å². The average molecular weight is 238 g/mol. The molecule has 0 aliphatic carbocycles. The molecule has 0 bridgehead atoms. The van der Waals surface area contributed by atoms with Crippen molar-refractivity contribution in [2.75, 3.05) is 7.11 Å². The lowest BCUT2D eigenvalue weighted by atomic mass is 10.0.